The molecule has 0 fully saturated rings. The zero-order chi connectivity index (χ0) is 16.7. The van der Waals surface area contributed by atoms with Crippen molar-refractivity contribution in [3.05, 3.63) is 70.8 Å². The minimum atomic E-state index is -0.824. The van der Waals surface area contributed by atoms with Crippen LogP contribution in [0.25, 0.3) is 0 Å². The Kier molecular flexibility index (Phi) is 7.01. The average Bonchev–Trinajstić information content (AvgIpc) is 2.47. The van der Waals surface area contributed by atoms with Crippen LogP contribution >= 0.6 is 11.8 Å². The normalized spacial score (nSPS) is 11.4. The van der Waals surface area contributed by atoms with Gasteiger partial charge in [0.1, 0.15) is 23.3 Å². The predicted octanol–water partition coefficient (Wildman–Crippen LogP) is 4.55. The van der Waals surface area contributed by atoms with Crippen LogP contribution in [0.3, 0.4) is 0 Å². The fourth-order valence-electron chi connectivity index (χ4n) is 1.60. The molecule has 0 spiro atoms. The molecule has 22 heavy (non-hydrogen) atoms. The van der Waals surface area contributed by atoms with Crippen molar-refractivity contribution < 1.29 is 22.4 Å². The van der Waals surface area contributed by atoms with Crippen LogP contribution in [0.15, 0.2) is 36.4 Å². The molecule has 0 heterocycles. The predicted molar refractivity (Wildman–Crippen MR) is 75.5 cm³/mol. The molecule has 0 aliphatic carbocycles. The summed E-state index contributed by atoms with van der Waals surface area (Å²) in [7, 11) is 0. The summed E-state index contributed by atoms with van der Waals surface area (Å²) < 4.78 is 50.7. The molecule has 0 saturated carbocycles. The number of benzene rings is 2. The third kappa shape index (κ3) is 4.54. The number of hydrogen-bond donors (Lipinski definition) is 1. The van der Waals surface area contributed by atoms with Crippen LogP contribution < -0.4 is 4.84 Å². The van der Waals surface area contributed by atoms with Crippen molar-refractivity contribution in [2.24, 2.45) is 0 Å². The Morgan fingerprint density at radius 3 is 1.68 bits per heavy atom. The molecule has 0 amide bonds. The lowest BCUT2D eigenvalue weighted by molar-refractivity contribution is 0.111. The Bertz CT molecular complexity index is 611. The minimum absolute atomic E-state index is 0.0347. The van der Waals surface area contributed by atoms with Crippen LogP contribution in [-0.2, 0) is 0 Å². The van der Waals surface area contributed by atoms with Gasteiger partial charge in [0.2, 0.25) is 0 Å². The van der Waals surface area contributed by atoms with E-state index in [0.717, 1.165) is 12.1 Å². The van der Waals surface area contributed by atoms with Crippen molar-refractivity contribution in [1.82, 2.24) is 4.84 Å². The topological polar surface area (TPSA) is 29.1 Å². The highest BCUT2D eigenvalue weighted by atomic mass is 35.5. The summed E-state index contributed by atoms with van der Waals surface area (Å²) in [6.45, 7) is 1.58. The third-order valence-electron chi connectivity index (χ3n) is 2.71. The fourth-order valence-corrected chi connectivity index (χ4v) is 1.71. The highest BCUT2D eigenvalue weighted by Gasteiger charge is 2.14. The highest BCUT2D eigenvalue weighted by molar-refractivity contribution is 6.13. The maximum atomic E-state index is 12.9. The van der Waals surface area contributed by atoms with E-state index >= 15 is 0 Å². The van der Waals surface area contributed by atoms with Gasteiger partial charge in [0.05, 0.1) is 5.56 Å². The molecule has 2 aromatic rings. The summed E-state index contributed by atoms with van der Waals surface area (Å²) in [5, 5.41) is 0. The van der Waals surface area contributed by atoms with Crippen molar-refractivity contribution in [1.29, 1.82) is 0 Å². The molecule has 0 unspecified atom stereocenters. The van der Waals surface area contributed by atoms with Gasteiger partial charge in [0.25, 0.3) is 0 Å². The molecule has 0 saturated heterocycles. The van der Waals surface area contributed by atoms with Gasteiger partial charge < -0.3 is 0 Å². The van der Waals surface area contributed by atoms with E-state index in [2.05, 4.69) is 4.84 Å². The average molecular weight is 334 g/mol. The minimum Gasteiger partial charge on any atom is -0.298 e. The number of carbonyl (C=O) groups excluding carboxylic acids is 1. The largest absolute Gasteiger partial charge is 0.298 e. The van der Waals surface area contributed by atoms with Crippen molar-refractivity contribution >= 4 is 18.1 Å². The monoisotopic (exact) mass is 333 g/mol. The van der Waals surface area contributed by atoms with Gasteiger partial charge in [0.15, 0.2) is 6.29 Å². The quantitative estimate of drug-likeness (QED) is 0.507. The molecule has 0 aliphatic heterocycles. The first-order valence-corrected chi connectivity index (χ1v) is 6.49. The lowest BCUT2D eigenvalue weighted by Crippen LogP contribution is -2.10. The van der Waals surface area contributed by atoms with E-state index in [0.29, 0.717) is 0 Å². The number of carbonyl (C=O) groups is 1. The number of hydrogen-bond acceptors (Lipinski definition) is 2. The molecule has 0 aliphatic rings. The van der Waals surface area contributed by atoms with Gasteiger partial charge in [-0.1, -0.05) is 12.1 Å². The van der Waals surface area contributed by atoms with Gasteiger partial charge in [-0.2, -0.15) is 0 Å². The Hall–Kier alpha value is -1.92. The van der Waals surface area contributed by atoms with E-state index in [1.165, 1.54) is 24.3 Å². The SMILES string of the molecule is C[C@H](NCl)c1c(F)cccc1F.O=Cc1c(F)cccc1F. The lowest BCUT2D eigenvalue weighted by Gasteiger charge is -2.10. The summed E-state index contributed by atoms with van der Waals surface area (Å²) in [5.74, 6) is -2.82. The van der Waals surface area contributed by atoms with Crippen LogP contribution in [0.4, 0.5) is 17.6 Å². The van der Waals surface area contributed by atoms with E-state index in [1.54, 1.807) is 6.92 Å². The third-order valence-corrected chi connectivity index (χ3v) is 3.04. The van der Waals surface area contributed by atoms with Crippen molar-refractivity contribution in [2.75, 3.05) is 0 Å². The maximum absolute atomic E-state index is 12.9. The van der Waals surface area contributed by atoms with Crippen molar-refractivity contribution in [3.8, 4) is 0 Å². The smallest absolute Gasteiger partial charge is 0.155 e. The van der Waals surface area contributed by atoms with Crippen LogP contribution in [0.1, 0.15) is 28.9 Å². The molecule has 2 nitrogen and oxygen atoms in total. The fraction of sp³-hybridized carbons (Fsp3) is 0.133. The van der Waals surface area contributed by atoms with Gasteiger partial charge in [-0.15, -0.1) is 0 Å². The first-order chi connectivity index (χ1) is 10.4. The van der Waals surface area contributed by atoms with Crippen LogP contribution in [-0.4, -0.2) is 6.29 Å². The molecule has 0 radical (unpaired) electrons. The number of aldehydes is 1. The van der Waals surface area contributed by atoms with Gasteiger partial charge in [-0.05, 0) is 43.0 Å². The maximum Gasteiger partial charge on any atom is 0.155 e. The highest BCUT2D eigenvalue weighted by Crippen LogP contribution is 2.20. The van der Waals surface area contributed by atoms with Gasteiger partial charge in [-0.3, -0.25) is 4.79 Å². The Morgan fingerprint density at radius 1 is 0.955 bits per heavy atom. The molecule has 7 heteroatoms. The molecule has 2 aromatic carbocycles. The Balaban J connectivity index is 0.000000224. The Morgan fingerprint density at radius 2 is 1.36 bits per heavy atom. The molecule has 0 bridgehead atoms. The Labute approximate surface area is 129 Å². The summed E-state index contributed by atoms with van der Waals surface area (Å²) in [5.41, 5.74) is -0.546. The first-order valence-electron chi connectivity index (χ1n) is 6.11. The van der Waals surface area contributed by atoms with Crippen LogP contribution in [0.2, 0.25) is 0 Å². The first kappa shape index (κ1) is 18.1. The van der Waals surface area contributed by atoms with E-state index in [1.807, 2.05) is 0 Å². The molecule has 2 rings (SSSR count). The van der Waals surface area contributed by atoms with Crippen molar-refractivity contribution in [2.45, 2.75) is 13.0 Å². The second kappa shape index (κ2) is 8.51. The molecular formula is C15H12ClF4NO. The zero-order valence-corrected chi connectivity index (χ0v) is 12.2. The van der Waals surface area contributed by atoms with Crippen molar-refractivity contribution in [3.63, 3.8) is 0 Å². The molecule has 118 valence electrons. The zero-order valence-electron chi connectivity index (χ0n) is 11.4. The van der Waals surface area contributed by atoms with E-state index in [-0.39, 0.29) is 11.8 Å². The summed E-state index contributed by atoms with van der Waals surface area (Å²) >= 11 is 5.25. The van der Waals surface area contributed by atoms with Gasteiger partial charge >= 0.3 is 0 Å². The van der Waals surface area contributed by atoms with E-state index in [4.69, 9.17) is 11.8 Å². The standard InChI is InChI=1S/C8H8ClF2N.C7H4F2O/c1-5(12-9)8-6(10)3-2-4-7(8)11;8-6-2-1-3-7(9)5(6)4-10/h2-5,12H,1H3;1-4H/t5-;/m0./s1. The molecule has 1 N–H and O–H groups in total. The van der Waals surface area contributed by atoms with Crippen LogP contribution in [0.5, 0.6) is 0 Å². The second-order valence-corrected chi connectivity index (χ2v) is 4.44. The summed E-state index contributed by atoms with van der Waals surface area (Å²) in [4.78, 5) is 12.2. The van der Waals surface area contributed by atoms with E-state index in [9.17, 15) is 22.4 Å². The van der Waals surface area contributed by atoms with Crippen LogP contribution in [0, 0.1) is 23.3 Å². The molecule has 1 atom stereocenters. The summed E-state index contributed by atoms with van der Waals surface area (Å²) in [6.07, 6.45) is 0.157. The molecular weight excluding hydrogens is 322 g/mol. The van der Waals surface area contributed by atoms with Gasteiger partial charge in [0, 0.05) is 11.6 Å². The molecule has 0 aromatic heterocycles. The van der Waals surface area contributed by atoms with E-state index < -0.39 is 34.9 Å². The lowest BCUT2D eigenvalue weighted by atomic mass is 10.1. The number of halogens is 5. The second-order valence-electron chi connectivity index (χ2n) is 4.22. The number of nitrogens with one attached hydrogen (secondary N) is 1. The number of rotatable bonds is 3. The summed E-state index contributed by atoms with van der Waals surface area (Å²) in [6, 6.07) is 6.45. The van der Waals surface area contributed by atoms with Gasteiger partial charge in [-0.25, -0.2) is 22.4 Å².